The third-order valence-corrected chi connectivity index (χ3v) is 4.64. The molecule has 4 amide bonds. The lowest BCUT2D eigenvalue weighted by molar-refractivity contribution is 0.0507. The Morgan fingerprint density at radius 3 is 2.25 bits per heavy atom. The Kier molecular flexibility index (Phi) is 5.23. The highest BCUT2D eigenvalue weighted by Crippen LogP contribution is 2.30. The number of hydrogen-bond acceptors (Lipinski definition) is 3. The molecule has 3 rings (SSSR count). The molecule has 0 spiro atoms. The van der Waals surface area contributed by atoms with Crippen LogP contribution in [0.1, 0.15) is 52.6 Å². The van der Waals surface area contributed by atoms with E-state index >= 15 is 0 Å². The molecule has 0 atom stereocenters. The first-order chi connectivity index (χ1) is 13.2. The summed E-state index contributed by atoms with van der Waals surface area (Å²) in [6.07, 6.45) is 0.728. The highest BCUT2D eigenvalue weighted by atomic mass is 16.2. The maximum atomic E-state index is 12.6. The van der Waals surface area contributed by atoms with Crippen molar-refractivity contribution in [2.24, 2.45) is 0 Å². The lowest BCUT2D eigenvalue weighted by atomic mass is 10.1. The van der Waals surface area contributed by atoms with E-state index in [2.05, 4.69) is 10.6 Å². The largest absolute Gasteiger partial charge is 0.338 e. The van der Waals surface area contributed by atoms with Crippen LogP contribution in [0, 0.1) is 6.92 Å². The van der Waals surface area contributed by atoms with E-state index in [1.165, 1.54) is 10.5 Å². The summed E-state index contributed by atoms with van der Waals surface area (Å²) >= 11 is 0. The van der Waals surface area contributed by atoms with Crippen molar-refractivity contribution in [3.63, 3.8) is 0 Å². The molecule has 0 saturated heterocycles. The molecular weight excluding hydrogens is 354 g/mol. The van der Waals surface area contributed by atoms with Gasteiger partial charge in [-0.2, -0.15) is 0 Å². The van der Waals surface area contributed by atoms with Crippen LogP contribution in [-0.2, 0) is 6.42 Å². The molecule has 2 N–H and O–H groups in total. The molecule has 1 aliphatic rings. The van der Waals surface area contributed by atoms with Crippen LogP contribution in [0.25, 0.3) is 0 Å². The van der Waals surface area contributed by atoms with Gasteiger partial charge in [-0.15, -0.1) is 0 Å². The third kappa shape index (κ3) is 4.06. The number of hydrogen-bond donors (Lipinski definition) is 2. The Morgan fingerprint density at radius 2 is 1.61 bits per heavy atom. The van der Waals surface area contributed by atoms with E-state index in [1.54, 1.807) is 18.2 Å². The monoisotopic (exact) mass is 379 g/mol. The number of fused-ring (bicyclic) bond motifs is 1. The van der Waals surface area contributed by atoms with E-state index in [1.807, 2.05) is 52.0 Å². The first-order valence-corrected chi connectivity index (χ1v) is 9.30. The molecule has 2 aromatic carbocycles. The number of aryl methyl sites for hydroxylation is 1. The SMILES string of the molecule is Cc1ccc(CCNC(=O)Nc2ccc3c(c2)C(=O)N(C(C)(C)C)C3=O)cc1. The van der Waals surface area contributed by atoms with Crippen LogP contribution >= 0.6 is 0 Å². The van der Waals surface area contributed by atoms with Crippen molar-refractivity contribution < 1.29 is 14.4 Å². The first-order valence-electron chi connectivity index (χ1n) is 9.30. The van der Waals surface area contributed by atoms with Gasteiger partial charge in [0.25, 0.3) is 11.8 Å². The summed E-state index contributed by atoms with van der Waals surface area (Å²) in [5.74, 6) is -0.641. The van der Waals surface area contributed by atoms with Gasteiger partial charge in [0.1, 0.15) is 0 Å². The fourth-order valence-electron chi connectivity index (χ4n) is 3.18. The van der Waals surface area contributed by atoms with Crippen molar-refractivity contribution in [2.75, 3.05) is 11.9 Å². The Morgan fingerprint density at radius 1 is 0.964 bits per heavy atom. The van der Waals surface area contributed by atoms with Gasteiger partial charge in [-0.1, -0.05) is 29.8 Å². The lowest BCUT2D eigenvalue weighted by Gasteiger charge is -2.29. The number of carbonyl (C=O) groups excluding carboxylic acids is 3. The van der Waals surface area contributed by atoms with Crippen LogP contribution in [0.3, 0.4) is 0 Å². The van der Waals surface area contributed by atoms with Gasteiger partial charge in [0.05, 0.1) is 11.1 Å². The molecule has 2 aromatic rings. The zero-order valence-electron chi connectivity index (χ0n) is 16.6. The lowest BCUT2D eigenvalue weighted by Crippen LogP contribution is -2.45. The second kappa shape index (κ2) is 7.46. The number of nitrogens with zero attached hydrogens (tertiary/aromatic N) is 1. The molecule has 0 unspecified atom stereocenters. The minimum atomic E-state index is -0.603. The van der Waals surface area contributed by atoms with Gasteiger partial charge in [-0.3, -0.25) is 14.5 Å². The minimum Gasteiger partial charge on any atom is -0.338 e. The highest BCUT2D eigenvalue weighted by molar-refractivity contribution is 6.22. The number of anilines is 1. The Bertz CT molecular complexity index is 927. The Hall–Kier alpha value is -3.15. The number of amides is 4. The highest BCUT2D eigenvalue weighted by Gasteiger charge is 2.41. The van der Waals surface area contributed by atoms with Gasteiger partial charge < -0.3 is 10.6 Å². The molecule has 0 radical (unpaired) electrons. The zero-order valence-corrected chi connectivity index (χ0v) is 16.6. The number of carbonyl (C=O) groups is 3. The summed E-state index contributed by atoms with van der Waals surface area (Å²) in [6.45, 7) is 7.97. The maximum absolute atomic E-state index is 12.6. The average Bonchev–Trinajstić information content (AvgIpc) is 2.87. The van der Waals surface area contributed by atoms with Gasteiger partial charge in [0, 0.05) is 17.8 Å². The van der Waals surface area contributed by atoms with Crippen molar-refractivity contribution in [2.45, 2.75) is 39.7 Å². The van der Waals surface area contributed by atoms with Crippen LogP contribution in [0.2, 0.25) is 0 Å². The molecule has 6 heteroatoms. The zero-order chi connectivity index (χ0) is 20.5. The average molecular weight is 379 g/mol. The van der Waals surface area contributed by atoms with Crippen molar-refractivity contribution in [3.8, 4) is 0 Å². The quantitative estimate of drug-likeness (QED) is 0.794. The molecule has 6 nitrogen and oxygen atoms in total. The van der Waals surface area contributed by atoms with Gasteiger partial charge in [0.2, 0.25) is 0 Å². The van der Waals surface area contributed by atoms with E-state index in [0.29, 0.717) is 23.4 Å². The van der Waals surface area contributed by atoms with E-state index in [9.17, 15) is 14.4 Å². The van der Waals surface area contributed by atoms with E-state index in [4.69, 9.17) is 0 Å². The summed E-state index contributed by atoms with van der Waals surface area (Å²) in [6, 6.07) is 12.6. The summed E-state index contributed by atoms with van der Waals surface area (Å²) in [5.41, 5.74) is 2.90. The van der Waals surface area contributed by atoms with Crippen LogP contribution in [0.15, 0.2) is 42.5 Å². The molecular formula is C22H25N3O3. The number of nitrogens with one attached hydrogen (secondary N) is 2. The summed E-state index contributed by atoms with van der Waals surface area (Å²) < 4.78 is 0. The van der Waals surface area contributed by atoms with E-state index in [-0.39, 0.29) is 17.8 Å². The molecule has 1 heterocycles. The topological polar surface area (TPSA) is 78.5 Å². The molecule has 1 aliphatic heterocycles. The van der Waals surface area contributed by atoms with E-state index < -0.39 is 5.54 Å². The predicted octanol–water partition coefficient (Wildman–Crippen LogP) is 3.75. The van der Waals surface area contributed by atoms with Crippen molar-refractivity contribution in [3.05, 3.63) is 64.7 Å². The van der Waals surface area contributed by atoms with Gasteiger partial charge in [-0.05, 0) is 57.9 Å². The fraction of sp³-hybridized carbons (Fsp3) is 0.318. The number of urea groups is 1. The normalized spacial score (nSPS) is 13.5. The van der Waals surface area contributed by atoms with Crippen molar-refractivity contribution >= 4 is 23.5 Å². The maximum Gasteiger partial charge on any atom is 0.319 e. The van der Waals surface area contributed by atoms with Gasteiger partial charge in [-0.25, -0.2) is 4.79 Å². The summed E-state index contributed by atoms with van der Waals surface area (Å²) in [5, 5.41) is 5.53. The smallest absolute Gasteiger partial charge is 0.319 e. The van der Waals surface area contributed by atoms with E-state index in [0.717, 1.165) is 12.0 Å². The molecule has 0 aliphatic carbocycles. The van der Waals surface area contributed by atoms with Gasteiger partial charge in [0.15, 0.2) is 0 Å². The van der Waals surface area contributed by atoms with Crippen LogP contribution < -0.4 is 10.6 Å². The molecule has 0 fully saturated rings. The fourth-order valence-corrected chi connectivity index (χ4v) is 3.18. The van der Waals surface area contributed by atoms with Gasteiger partial charge >= 0.3 is 6.03 Å². The summed E-state index contributed by atoms with van der Waals surface area (Å²) in [7, 11) is 0. The summed E-state index contributed by atoms with van der Waals surface area (Å²) in [4.78, 5) is 38.5. The van der Waals surface area contributed by atoms with Crippen LogP contribution in [0.5, 0.6) is 0 Å². The molecule has 28 heavy (non-hydrogen) atoms. The van der Waals surface area contributed by atoms with Crippen molar-refractivity contribution in [1.82, 2.24) is 10.2 Å². The Labute approximate surface area is 164 Å². The number of benzene rings is 2. The molecule has 146 valence electrons. The first kappa shape index (κ1) is 19.6. The molecule has 0 aromatic heterocycles. The molecule has 0 bridgehead atoms. The van der Waals surface area contributed by atoms with Crippen molar-refractivity contribution in [1.29, 1.82) is 0 Å². The predicted molar refractivity (Wildman–Crippen MR) is 109 cm³/mol. The second-order valence-corrected chi connectivity index (χ2v) is 7.99. The van der Waals surface area contributed by atoms with Crippen LogP contribution in [0.4, 0.5) is 10.5 Å². The second-order valence-electron chi connectivity index (χ2n) is 7.99. The Balaban J connectivity index is 1.61. The number of rotatable bonds is 4. The third-order valence-electron chi connectivity index (χ3n) is 4.64. The van der Waals surface area contributed by atoms with Crippen LogP contribution in [-0.4, -0.2) is 34.8 Å². The number of imide groups is 1. The molecule has 0 saturated carbocycles. The standard InChI is InChI=1S/C22H25N3O3/c1-14-5-7-15(8-6-14)11-12-23-21(28)24-16-9-10-17-18(13-16)20(27)25(19(17)26)22(2,3)4/h5-10,13H,11-12H2,1-4H3,(H2,23,24,28). The minimum absolute atomic E-state index is 0.304.